The highest BCUT2D eigenvalue weighted by Crippen LogP contribution is 2.24. The van der Waals surface area contributed by atoms with E-state index in [-0.39, 0.29) is 18.7 Å². The highest BCUT2D eigenvalue weighted by molar-refractivity contribution is 7.07. The molecule has 1 unspecified atom stereocenters. The number of carbonyl (C=O) groups excluding carboxylic acids is 1. The zero-order chi connectivity index (χ0) is 15.9. The van der Waals surface area contributed by atoms with Gasteiger partial charge in [0, 0.05) is 6.54 Å². The molecular weight excluding hydrogens is 300 g/mol. The van der Waals surface area contributed by atoms with E-state index in [0.29, 0.717) is 11.4 Å². The van der Waals surface area contributed by atoms with Gasteiger partial charge in [-0.15, -0.1) is 0 Å². The quantitative estimate of drug-likeness (QED) is 0.764. The van der Waals surface area contributed by atoms with Crippen LogP contribution < -0.4 is 15.4 Å². The lowest BCUT2D eigenvalue weighted by atomic mass is 10.2. The molecule has 0 spiro atoms. The summed E-state index contributed by atoms with van der Waals surface area (Å²) in [5.74, 6) is 0.617. The molecule has 5 nitrogen and oxygen atoms in total. The first-order valence-corrected chi connectivity index (χ1v) is 8.01. The Morgan fingerprint density at radius 1 is 1.32 bits per heavy atom. The maximum absolute atomic E-state index is 11.9. The van der Waals surface area contributed by atoms with Gasteiger partial charge < -0.3 is 20.5 Å². The molecule has 3 N–H and O–H groups in total. The van der Waals surface area contributed by atoms with E-state index in [1.54, 1.807) is 12.1 Å². The molecule has 2 amide bonds. The fraction of sp³-hybridized carbons (Fsp3) is 0.312. The lowest BCUT2D eigenvalue weighted by molar-refractivity contribution is 0.175. The largest absolute Gasteiger partial charge is 0.489 e. The number of urea groups is 1. The van der Waals surface area contributed by atoms with Crippen molar-refractivity contribution in [3.05, 3.63) is 46.7 Å². The van der Waals surface area contributed by atoms with Crippen molar-refractivity contribution in [1.82, 2.24) is 5.32 Å². The van der Waals surface area contributed by atoms with E-state index in [2.05, 4.69) is 10.6 Å². The van der Waals surface area contributed by atoms with Crippen LogP contribution in [-0.4, -0.2) is 23.8 Å². The van der Waals surface area contributed by atoms with Crippen molar-refractivity contribution in [2.45, 2.75) is 26.1 Å². The Kier molecular flexibility index (Phi) is 5.80. The van der Waals surface area contributed by atoms with Crippen LogP contribution in [0.2, 0.25) is 0 Å². The molecule has 1 aromatic carbocycles. The molecule has 2 rings (SSSR count). The summed E-state index contributed by atoms with van der Waals surface area (Å²) in [5, 5.41) is 19.1. The molecule has 1 heterocycles. The minimum Gasteiger partial charge on any atom is -0.489 e. The van der Waals surface area contributed by atoms with E-state index in [1.165, 1.54) is 11.3 Å². The number of anilines is 1. The maximum atomic E-state index is 11.9. The predicted octanol–water partition coefficient (Wildman–Crippen LogP) is 3.39. The lowest BCUT2D eigenvalue weighted by Gasteiger charge is -2.16. The van der Waals surface area contributed by atoms with Gasteiger partial charge in [-0.2, -0.15) is 11.3 Å². The highest BCUT2D eigenvalue weighted by atomic mass is 32.1. The van der Waals surface area contributed by atoms with Crippen molar-refractivity contribution in [1.29, 1.82) is 0 Å². The Hall–Kier alpha value is -2.05. The van der Waals surface area contributed by atoms with E-state index in [9.17, 15) is 9.90 Å². The van der Waals surface area contributed by atoms with Crippen LogP contribution in [0, 0.1) is 0 Å². The number of ether oxygens (including phenoxy) is 1. The van der Waals surface area contributed by atoms with Gasteiger partial charge in [-0.1, -0.05) is 12.1 Å². The molecule has 0 fully saturated rings. The molecule has 0 radical (unpaired) electrons. The Labute approximate surface area is 133 Å². The summed E-state index contributed by atoms with van der Waals surface area (Å²) in [6.07, 6.45) is -0.689. The molecule has 0 aliphatic rings. The molecule has 6 heteroatoms. The SMILES string of the molecule is CC(C)Oc1ccccc1NC(=O)NCC(O)c1ccsc1. The van der Waals surface area contributed by atoms with Crippen LogP contribution in [0.5, 0.6) is 5.75 Å². The third kappa shape index (κ3) is 4.75. The van der Waals surface area contributed by atoms with Gasteiger partial charge >= 0.3 is 6.03 Å². The first-order valence-electron chi connectivity index (χ1n) is 7.07. The predicted molar refractivity (Wildman–Crippen MR) is 88.5 cm³/mol. The van der Waals surface area contributed by atoms with Crippen LogP contribution >= 0.6 is 11.3 Å². The molecule has 0 saturated heterocycles. The van der Waals surface area contributed by atoms with Gasteiger partial charge in [-0.3, -0.25) is 0 Å². The number of aliphatic hydroxyl groups is 1. The van der Waals surface area contributed by atoms with Gasteiger partial charge in [0.25, 0.3) is 0 Å². The fourth-order valence-electron chi connectivity index (χ4n) is 1.86. The Morgan fingerprint density at radius 3 is 2.77 bits per heavy atom. The van der Waals surface area contributed by atoms with Crippen molar-refractivity contribution in [3.63, 3.8) is 0 Å². The van der Waals surface area contributed by atoms with Crippen molar-refractivity contribution in [2.24, 2.45) is 0 Å². The van der Waals surface area contributed by atoms with E-state index < -0.39 is 6.10 Å². The molecule has 118 valence electrons. The monoisotopic (exact) mass is 320 g/mol. The number of hydrogen-bond donors (Lipinski definition) is 3. The number of benzene rings is 1. The normalized spacial score (nSPS) is 12.0. The van der Waals surface area contributed by atoms with Crippen LogP contribution in [0.15, 0.2) is 41.1 Å². The van der Waals surface area contributed by atoms with Gasteiger partial charge in [0.05, 0.1) is 17.9 Å². The lowest BCUT2D eigenvalue weighted by Crippen LogP contribution is -2.32. The van der Waals surface area contributed by atoms with Crippen LogP contribution in [0.3, 0.4) is 0 Å². The molecule has 22 heavy (non-hydrogen) atoms. The second-order valence-corrected chi connectivity index (χ2v) is 5.85. The summed E-state index contributed by atoms with van der Waals surface area (Å²) in [4.78, 5) is 11.9. The third-order valence-corrected chi connectivity index (χ3v) is 3.58. The molecular formula is C16H20N2O3S. The summed E-state index contributed by atoms with van der Waals surface area (Å²) in [5.41, 5.74) is 1.40. The van der Waals surface area contributed by atoms with E-state index in [0.717, 1.165) is 5.56 Å². The zero-order valence-corrected chi connectivity index (χ0v) is 13.4. The number of hydrogen-bond acceptors (Lipinski definition) is 4. The second kappa shape index (κ2) is 7.82. The van der Waals surface area contributed by atoms with Gasteiger partial charge in [0.1, 0.15) is 5.75 Å². The van der Waals surface area contributed by atoms with Gasteiger partial charge in [-0.25, -0.2) is 4.79 Å². The standard InChI is InChI=1S/C16H20N2O3S/c1-11(2)21-15-6-4-3-5-13(15)18-16(20)17-9-14(19)12-7-8-22-10-12/h3-8,10-11,14,19H,9H2,1-2H3,(H2,17,18,20). The summed E-state index contributed by atoms with van der Waals surface area (Å²) in [7, 11) is 0. The fourth-order valence-corrected chi connectivity index (χ4v) is 2.57. The molecule has 1 atom stereocenters. The molecule has 0 aliphatic carbocycles. The molecule has 1 aromatic heterocycles. The van der Waals surface area contributed by atoms with Gasteiger partial charge in [0.15, 0.2) is 0 Å². The van der Waals surface area contributed by atoms with Crippen molar-refractivity contribution in [2.75, 3.05) is 11.9 Å². The minimum atomic E-state index is -0.709. The van der Waals surface area contributed by atoms with Crippen LogP contribution in [0.1, 0.15) is 25.5 Å². The number of rotatable bonds is 6. The van der Waals surface area contributed by atoms with Crippen molar-refractivity contribution in [3.8, 4) is 5.75 Å². The number of amides is 2. The average molecular weight is 320 g/mol. The van der Waals surface area contributed by atoms with Gasteiger partial charge in [0.2, 0.25) is 0 Å². The number of aliphatic hydroxyl groups excluding tert-OH is 1. The van der Waals surface area contributed by atoms with E-state index >= 15 is 0 Å². The minimum absolute atomic E-state index is 0.0198. The second-order valence-electron chi connectivity index (χ2n) is 5.07. The molecule has 0 saturated carbocycles. The summed E-state index contributed by atoms with van der Waals surface area (Å²) in [6, 6.07) is 8.70. The summed E-state index contributed by atoms with van der Waals surface area (Å²) < 4.78 is 5.64. The maximum Gasteiger partial charge on any atom is 0.319 e. The van der Waals surface area contributed by atoms with Crippen molar-refractivity contribution < 1.29 is 14.6 Å². The molecule has 0 bridgehead atoms. The topological polar surface area (TPSA) is 70.6 Å². The van der Waals surface area contributed by atoms with E-state index in [4.69, 9.17) is 4.74 Å². The third-order valence-electron chi connectivity index (χ3n) is 2.88. The van der Waals surface area contributed by atoms with Crippen LogP contribution in [0.4, 0.5) is 10.5 Å². The summed E-state index contributed by atoms with van der Waals surface area (Å²) >= 11 is 1.51. The molecule has 0 aliphatic heterocycles. The number of carbonyl (C=O) groups is 1. The zero-order valence-electron chi connectivity index (χ0n) is 12.6. The Balaban J connectivity index is 1.89. The Bertz CT molecular complexity index is 599. The van der Waals surface area contributed by atoms with E-state index in [1.807, 2.05) is 42.8 Å². The number of thiophene rings is 1. The van der Waals surface area contributed by atoms with Crippen LogP contribution in [-0.2, 0) is 0 Å². The van der Waals surface area contributed by atoms with Gasteiger partial charge in [-0.05, 0) is 48.4 Å². The molecule has 2 aromatic rings. The smallest absolute Gasteiger partial charge is 0.319 e. The average Bonchev–Trinajstić information content (AvgIpc) is 3.00. The first-order chi connectivity index (χ1) is 10.6. The summed E-state index contributed by atoms with van der Waals surface area (Å²) in [6.45, 7) is 4.00. The van der Waals surface area contributed by atoms with Crippen LogP contribution in [0.25, 0.3) is 0 Å². The number of para-hydroxylation sites is 2. The Morgan fingerprint density at radius 2 is 2.09 bits per heavy atom. The highest BCUT2D eigenvalue weighted by Gasteiger charge is 2.12. The number of nitrogens with one attached hydrogen (secondary N) is 2. The first kappa shape index (κ1) is 16.3. The van der Waals surface area contributed by atoms with Crippen molar-refractivity contribution >= 4 is 23.1 Å².